The molecular weight excluding hydrogens is 274 g/mol. The smallest absolute Gasteiger partial charge is 0.165 e. The van der Waals surface area contributed by atoms with E-state index in [2.05, 4.69) is 36.1 Å². The van der Waals surface area contributed by atoms with Gasteiger partial charge in [-0.3, -0.25) is 0 Å². The molecule has 0 aliphatic heterocycles. The van der Waals surface area contributed by atoms with Crippen LogP contribution in [0.1, 0.15) is 42.4 Å². The molecule has 0 aliphatic carbocycles. The Morgan fingerprint density at radius 3 is 2.45 bits per heavy atom. The number of rotatable bonds is 5. The maximum atomic E-state index is 5.94. The van der Waals surface area contributed by atoms with E-state index in [4.69, 9.17) is 16.3 Å². The molecule has 0 unspecified atom stereocenters. The lowest BCUT2D eigenvalue weighted by atomic mass is 10.1. The molecule has 2 aromatic rings. The van der Waals surface area contributed by atoms with Crippen molar-refractivity contribution in [2.24, 2.45) is 0 Å². The largest absolute Gasteiger partial charge is 0.485 e. The van der Waals surface area contributed by atoms with Gasteiger partial charge in [0.1, 0.15) is 18.7 Å². The molecule has 0 N–H and O–H groups in total. The van der Waals surface area contributed by atoms with Gasteiger partial charge in [-0.2, -0.15) is 5.10 Å². The number of aryl methyl sites for hydroxylation is 2. The van der Waals surface area contributed by atoms with Crippen molar-refractivity contribution < 1.29 is 4.74 Å². The highest BCUT2D eigenvalue weighted by atomic mass is 35.5. The third kappa shape index (κ3) is 3.12. The SMILES string of the molecule is Cc1cc(CCl)cc(C)c1OCc1ncnn1C(C)C. The van der Waals surface area contributed by atoms with Gasteiger partial charge in [0.25, 0.3) is 0 Å². The maximum absolute atomic E-state index is 5.94. The summed E-state index contributed by atoms with van der Waals surface area (Å²) in [7, 11) is 0. The van der Waals surface area contributed by atoms with Crippen molar-refractivity contribution >= 4 is 11.6 Å². The highest BCUT2D eigenvalue weighted by Crippen LogP contribution is 2.26. The number of hydrogen-bond donors (Lipinski definition) is 0. The Kier molecular flexibility index (Phi) is 4.65. The van der Waals surface area contributed by atoms with E-state index in [9.17, 15) is 0 Å². The number of halogens is 1. The summed E-state index contributed by atoms with van der Waals surface area (Å²) in [6.07, 6.45) is 1.56. The Balaban J connectivity index is 2.17. The quantitative estimate of drug-likeness (QED) is 0.787. The van der Waals surface area contributed by atoms with Crippen molar-refractivity contribution in [1.29, 1.82) is 0 Å². The lowest BCUT2D eigenvalue weighted by Crippen LogP contribution is -2.11. The van der Waals surface area contributed by atoms with Gasteiger partial charge < -0.3 is 4.74 Å². The Morgan fingerprint density at radius 2 is 1.90 bits per heavy atom. The van der Waals surface area contributed by atoms with Crippen molar-refractivity contribution in [2.75, 3.05) is 0 Å². The first kappa shape index (κ1) is 14.9. The second kappa shape index (κ2) is 6.27. The molecule has 0 saturated carbocycles. The number of alkyl halides is 1. The van der Waals surface area contributed by atoms with Crippen molar-refractivity contribution in [3.63, 3.8) is 0 Å². The van der Waals surface area contributed by atoms with Gasteiger partial charge in [0.15, 0.2) is 5.82 Å². The van der Waals surface area contributed by atoms with Gasteiger partial charge in [-0.05, 0) is 44.4 Å². The van der Waals surface area contributed by atoms with Crippen LogP contribution in [0.2, 0.25) is 0 Å². The zero-order valence-corrected chi connectivity index (χ0v) is 13.1. The van der Waals surface area contributed by atoms with Gasteiger partial charge in [-0.15, -0.1) is 11.6 Å². The number of hydrogen-bond acceptors (Lipinski definition) is 3. The average Bonchev–Trinajstić information content (AvgIpc) is 2.86. The zero-order chi connectivity index (χ0) is 14.7. The molecule has 0 spiro atoms. The Hall–Kier alpha value is -1.55. The van der Waals surface area contributed by atoms with Gasteiger partial charge in [-0.1, -0.05) is 12.1 Å². The van der Waals surface area contributed by atoms with Crippen molar-refractivity contribution in [3.8, 4) is 5.75 Å². The fourth-order valence-corrected chi connectivity index (χ4v) is 2.44. The van der Waals surface area contributed by atoms with E-state index in [0.29, 0.717) is 12.5 Å². The predicted octanol–water partition coefficient (Wildman–Crippen LogP) is 3.79. The van der Waals surface area contributed by atoms with Crippen LogP contribution >= 0.6 is 11.6 Å². The van der Waals surface area contributed by atoms with Gasteiger partial charge in [0.2, 0.25) is 0 Å². The van der Waals surface area contributed by atoms with E-state index in [1.54, 1.807) is 6.33 Å². The lowest BCUT2D eigenvalue weighted by molar-refractivity contribution is 0.279. The number of aromatic nitrogens is 3. The summed E-state index contributed by atoms with van der Waals surface area (Å²) in [6.45, 7) is 8.63. The highest BCUT2D eigenvalue weighted by molar-refractivity contribution is 6.17. The first-order chi connectivity index (χ1) is 9.52. The molecule has 0 radical (unpaired) electrons. The van der Waals surface area contributed by atoms with Crippen LogP contribution in [0.3, 0.4) is 0 Å². The molecule has 20 heavy (non-hydrogen) atoms. The second-order valence-corrected chi connectivity index (χ2v) is 5.46. The molecule has 0 amide bonds. The number of nitrogens with zero attached hydrogens (tertiary/aromatic N) is 3. The summed E-state index contributed by atoms with van der Waals surface area (Å²) >= 11 is 5.87. The molecule has 0 fully saturated rings. The van der Waals surface area contributed by atoms with Crippen LogP contribution in [0.4, 0.5) is 0 Å². The fraction of sp³-hybridized carbons (Fsp3) is 0.467. The summed E-state index contributed by atoms with van der Waals surface area (Å²) < 4.78 is 7.81. The fourth-order valence-electron chi connectivity index (χ4n) is 2.29. The number of benzene rings is 1. The minimum absolute atomic E-state index is 0.275. The third-order valence-electron chi connectivity index (χ3n) is 3.16. The normalized spacial score (nSPS) is 11.1. The standard InChI is InChI=1S/C15H20ClN3O/c1-10(2)19-14(17-9-18-19)8-20-15-11(3)5-13(7-16)6-12(15)4/h5-6,9-10H,7-8H2,1-4H3. The van der Waals surface area contributed by atoms with Crippen LogP contribution in [0.5, 0.6) is 5.75 Å². The van der Waals surface area contributed by atoms with E-state index < -0.39 is 0 Å². The van der Waals surface area contributed by atoms with Crippen LogP contribution < -0.4 is 4.74 Å². The first-order valence-electron chi connectivity index (χ1n) is 6.70. The zero-order valence-electron chi connectivity index (χ0n) is 12.4. The van der Waals surface area contributed by atoms with Crippen LogP contribution in [-0.2, 0) is 12.5 Å². The van der Waals surface area contributed by atoms with E-state index >= 15 is 0 Å². The number of ether oxygens (including phenoxy) is 1. The Labute approximate surface area is 124 Å². The van der Waals surface area contributed by atoms with Crippen molar-refractivity contribution in [2.45, 2.75) is 46.2 Å². The summed E-state index contributed by atoms with van der Waals surface area (Å²) in [4.78, 5) is 4.25. The monoisotopic (exact) mass is 293 g/mol. The minimum Gasteiger partial charge on any atom is -0.485 e. The van der Waals surface area contributed by atoms with Crippen LogP contribution in [-0.4, -0.2) is 14.8 Å². The van der Waals surface area contributed by atoms with Crippen LogP contribution in [0.25, 0.3) is 0 Å². The molecule has 0 saturated heterocycles. The minimum atomic E-state index is 0.275. The molecular formula is C15H20ClN3O. The third-order valence-corrected chi connectivity index (χ3v) is 3.47. The molecule has 0 bridgehead atoms. The molecule has 4 nitrogen and oxygen atoms in total. The second-order valence-electron chi connectivity index (χ2n) is 5.20. The van der Waals surface area contributed by atoms with Gasteiger partial charge >= 0.3 is 0 Å². The summed E-state index contributed by atoms with van der Waals surface area (Å²) in [5.41, 5.74) is 3.30. The van der Waals surface area contributed by atoms with E-state index in [-0.39, 0.29) is 6.04 Å². The summed E-state index contributed by atoms with van der Waals surface area (Å²) in [5, 5.41) is 4.21. The van der Waals surface area contributed by atoms with E-state index in [1.165, 1.54) is 0 Å². The topological polar surface area (TPSA) is 39.9 Å². The predicted molar refractivity (Wildman–Crippen MR) is 80.2 cm³/mol. The molecule has 108 valence electrons. The summed E-state index contributed by atoms with van der Waals surface area (Å²) in [5.74, 6) is 2.25. The van der Waals surface area contributed by atoms with Gasteiger partial charge in [-0.25, -0.2) is 9.67 Å². The van der Waals surface area contributed by atoms with Gasteiger partial charge in [0, 0.05) is 11.9 Å². The maximum Gasteiger partial charge on any atom is 0.165 e. The summed E-state index contributed by atoms with van der Waals surface area (Å²) in [6, 6.07) is 4.39. The van der Waals surface area contributed by atoms with Crippen molar-refractivity contribution in [3.05, 3.63) is 41.0 Å². The molecule has 0 aliphatic rings. The molecule has 0 atom stereocenters. The molecule has 1 aromatic heterocycles. The van der Waals surface area contributed by atoms with E-state index in [1.807, 2.05) is 18.5 Å². The first-order valence-corrected chi connectivity index (χ1v) is 7.23. The Morgan fingerprint density at radius 1 is 1.25 bits per heavy atom. The Bertz CT molecular complexity index is 570. The van der Waals surface area contributed by atoms with Gasteiger partial charge in [0.05, 0.1) is 0 Å². The van der Waals surface area contributed by atoms with Crippen LogP contribution in [0.15, 0.2) is 18.5 Å². The van der Waals surface area contributed by atoms with Crippen molar-refractivity contribution in [1.82, 2.24) is 14.8 Å². The average molecular weight is 294 g/mol. The van der Waals surface area contributed by atoms with Crippen LogP contribution in [0, 0.1) is 13.8 Å². The molecule has 1 heterocycles. The lowest BCUT2D eigenvalue weighted by Gasteiger charge is -2.14. The van der Waals surface area contributed by atoms with E-state index in [0.717, 1.165) is 28.3 Å². The molecule has 1 aromatic carbocycles. The highest BCUT2D eigenvalue weighted by Gasteiger charge is 2.11. The molecule has 5 heteroatoms. The molecule has 2 rings (SSSR count).